The summed E-state index contributed by atoms with van der Waals surface area (Å²) in [4.78, 5) is 60.3. The number of rotatable bonds is 18. The highest BCUT2D eigenvalue weighted by atomic mass is 79.9. The third-order valence-electron chi connectivity index (χ3n) is 13.6. The molecule has 0 saturated carbocycles. The Balaban J connectivity index is 0.959. The van der Waals surface area contributed by atoms with Gasteiger partial charge in [-0.1, -0.05) is 105 Å². The Hall–Kier alpha value is -5.84. The Morgan fingerprint density at radius 2 is 0.868 bits per heavy atom. The van der Waals surface area contributed by atoms with Gasteiger partial charge in [0.25, 0.3) is 23.6 Å². The van der Waals surface area contributed by atoms with E-state index in [-0.39, 0.29) is 36.7 Å². The summed E-state index contributed by atoms with van der Waals surface area (Å²) >= 11 is 7.70. The number of ether oxygens (including phenoxy) is 2. The van der Waals surface area contributed by atoms with Crippen LogP contribution in [-0.2, 0) is 13.1 Å². The van der Waals surface area contributed by atoms with Crippen LogP contribution in [0.15, 0.2) is 117 Å². The number of carbonyl (C=O) groups excluding carboxylic acids is 4. The maximum atomic E-state index is 14.5. The molecule has 0 bridgehead atoms. The van der Waals surface area contributed by atoms with Gasteiger partial charge in [0.05, 0.1) is 26.3 Å². The number of allylic oxidation sites excluding steroid dienone is 4. The van der Waals surface area contributed by atoms with Crippen LogP contribution in [0.1, 0.15) is 133 Å². The highest BCUT2D eigenvalue weighted by Gasteiger charge is 2.38. The van der Waals surface area contributed by atoms with E-state index in [4.69, 9.17) is 9.47 Å². The van der Waals surface area contributed by atoms with Crippen molar-refractivity contribution in [1.29, 1.82) is 0 Å². The molecule has 0 unspecified atom stereocenters. The van der Waals surface area contributed by atoms with Crippen molar-refractivity contribution in [3.63, 3.8) is 0 Å². The Morgan fingerprint density at radius 1 is 0.485 bits per heavy atom. The van der Waals surface area contributed by atoms with Crippen LogP contribution >= 0.6 is 31.9 Å². The van der Waals surface area contributed by atoms with Crippen molar-refractivity contribution in [3.05, 3.63) is 151 Å². The van der Waals surface area contributed by atoms with E-state index in [1.54, 1.807) is 24.3 Å². The quantitative estimate of drug-likeness (QED) is 0.0368. The number of fused-ring (bicyclic) bond motifs is 2. The summed E-state index contributed by atoms with van der Waals surface area (Å²) in [7, 11) is 0. The fraction of sp³-hybridized carbons (Fsp3) is 0.310. The highest BCUT2D eigenvalue weighted by molar-refractivity contribution is 9.11. The molecular formula is C58H56Br2N2O6. The smallest absolute Gasteiger partial charge is 0.261 e. The lowest BCUT2D eigenvalue weighted by Gasteiger charge is -2.31. The Labute approximate surface area is 414 Å². The predicted molar refractivity (Wildman–Crippen MR) is 280 cm³/mol. The van der Waals surface area contributed by atoms with Gasteiger partial charge in [-0.25, -0.2) is 0 Å². The van der Waals surface area contributed by atoms with Crippen LogP contribution < -0.4 is 9.47 Å². The summed E-state index contributed by atoms with van der Waals surface area (Å²) in [5, 5.41) is 5.95. The molecule has 0 radical (unpaired) electrons. The molecule has 0 aromatic heterocycles. The SMILES string of the molecule is CC(C)=CCC[C@H](C)CCOc1ccc(CN2C(=O)c3ccc4c5c(Br)cc6c7c(cc(Br)c(c8ccc(c3c48)C2=O)c75)C(=O)N(Cc2ccc(OCC[C@@H](C)CCC=C(C)C)cc2)C6=O)cc1. The van der Waals surface area contributed by atoms with Gasteiger partial charge in [0.15, 0.2) is 0 Å². The van der Waals surface area contributed by atoms with Crippen molar-refractivity contribution >= 4 is 98.6 Å². The molecule has 0 N–H and O–H groups in total. The topological polar surface area (TPSA) is 93.2 Å². The lowest BCUT2D eigenvalue weighted by atomic mass is 9.82. The van der Waals surface area contributed by atoms with Gasteiger partial charge in [0.2, 0.25) is 0 Å². The number of amides is 4. The van der Waals surface area contributed by atoms with Gasteiger partial charge < -0.3 is 9.47 Å². The van der Waals surface area contributed by atoms with E-state index in [1.165, 1.54) is 20.9 Å². The van der Waals surface area contributed by atoms with Gasteiger partial charge in [0.1, 0.15) is 11.5 Å². The third-order valence-corrected chi connectivity index (χ3v) is 14.9. The molecule has 7 aromatic rings. The second-order valence-corrected chi connectivity index (χ2v) is 21.0. The number of carbonyl (C=O) groups is 4. The normalized spacial score (nSPS) is 14.4. The predicted octanol–water partition coefficient (Wildman–Crippen LogP) is 15.2. The number of halogens is 2. The van der Waals surface area contributed by atoms with Crippen LogP contribution in [0.2, 0.25) is 0 Å². The molecule has 68 heavy (non-hydrogen) atoms. The van der Waals surface area contributed by atoms with E-state index in [0.717, 1.165) is 93.5 Å². The molecule has 0 spiro atoms. The molecule has 9 rings (SSSR count). The van der Waals surface area contributed by atoms with E-state index >= 15 is 0 Å². The molecule has 0 saturated heterocycles. The first-order valence-corrected chi connectivity index (χ1v) is 25.3. The summed E-state index contributed by atoms with van der Waals surface area (Å²) < 4.78 is 13.5. The second-order valence-electron chi connectivity index (χ2n) is 19.3. The van der Waals surface area contributed by atoms with E-state index in [9.17, 15) is 19.2 Å². The molecule has 0 aliphatic carbocycles. The maximum Gasteiger partial charge on any atom is 0.261 e. The van der Waals surface area contributed by atoms with Crippen molar-refractivity contribution in [1.82, 2.24) is 9.80 Å². The van der Waals surface area contributed by atoms with E-state index in [0.29, 0.717) is 67.0 Å². The van der Waals surface area contributed by atoms with Crippen molar-refractivity contribution in [2.24, 2.45) is 11.8 Å². The fourth-order valence-corrected chi connectivity index (χ4v) is 11.1. The van der Waals surface area contributed by atoms with Gasteiger partial charge in [-0.3, -0.25) is 29.0 Å². The molecule has 10 heteroatoms. The fourth-order valence-electron chi connectivity index (χ4n) is 9.86. The molecule has 7 aromatic carbocycles. The largest absolute Gasteiger partial charge is 0.494 e. The third kappa shape index (κ3) is 9.09. The minimum Gasteiger partial charge on any atom is -0.494 e. The molecule has 2 aliphatic rings. The van der Waals surface area contributed by atoms with Crippen molar-refractivity contribution in [3.8, 4) is 11.5 Å². The van der Waals surface area contributed by atoms with E-state index < -0.39 is 0 Å². The Morgan fingerprint density at radius 3 is 1.26 bits per heavy atom. The van der Waals surface area contributed by atoms with E-state index in [2.05, 4.69) is 85.6 Å². The Kier molecular flexibility index (Phi) is 13.6. The number of benzene rings is 7. The van der Waals surface area contributed by atoms with Crippen LogP contribution in [0.25, 0.3) is 43.1 Å². The van der Waals surface area contributed by atoms with Crippen LogP contribution in [0, 0.1) is 11.8 Å². The van der Waals surface area contributed by atoms with Gasteiger partial charge in [-0.15, -0.1) is 0 Å². The summed E-state index contributed by atoms with van der Waals surface area (Å²) in [6.45, 7) is 14.5. The first-order valence-electron chi connectivity index (χ1n) is 23.7. The minimum atomic E-state index is -0.379. The lowest BCUT2D eigenvalue weighted by Crippen LogP contribution is -2.40. The number of hydrogen-bond donors (Lipinski definition) is 0. The Bertz CT molecular complexity index is 3070. The molecular weight excluding hydrogens is 980 g/mol. The number of hydrogen-bond acceptors (Lipinski definition) is 6. The summed E-state index contributed by atoms with van der Waals surface area (Å²) in [6.07, 6.45) is 10.9. The summed E-state index contributed by atoms with van der Waals surface area (Å²) in [6, 6.07) is 26.3. The van der Waals surface area contributed by atoms with Crippen molar-refractivity contribution in [2.75, 3.05) is 13.2 Å². The zero-order valence-corrected chi connectivity index (χ0v) is 42.7. The molecule has 2 atom stereocenters. The summed E-state index contributed by atoms with van der Waals surface area (Å²) in [5.74, 6) is 1.12. The maximum absolute atomic E-state index is 14.5. The van der Waals surface area contributed by atoms with Crippen LogP contribution in [0.3, 0.4) is 0 Å². The molecule has 348 valence electrons. The van der Waals surface area contributed by atoms with Crippen LogP contribution in [-0.4, -0.2) is 46.6 Å². The second kappa shape index (κ2) is 19.6. The molecule has 2 heterocycles. The average Bonchev–Trinajstić information content (AvgIpc) is 3.31. The van der Waals surface area contributed by atoms with E-state index in [1.807, 2.05) is 60.7 Å². The molecule has 2 aliphatic heterocycles. The molecule has 0 fully saturated rings. The highest BCUT2D eigenvalue weighted by Crippen LogP contribution is 2.50. The van der Waals surface area contributed by atoms with Crippen molar-refractivity contribution in [2.45, 2.75) is 93.2 Å². The van der Waals surface area contributed by atoms with Gasteiger partial charge >= 0.3 is 0 Å². The monoisotopic (exact) mass is 1030 g/mol. The minimum absolute atomic E-state index is 0.0997. The average molecular weight is 1040 g/mol. The standard InChI is InChI=1S/C58H56Br2N2O6/c1-33(2)9-7-11-35(5)25-27-67-39-17-13-37(14-18-39)31-61-55(63)43-23-21-41-49-42(22-24-44(50(43)49)56(61)64)53-48(60)30-46-51-45(29-47(59)52(41)54(51)53)57(65)62(58(46)66)32-38-15-19-40(20-16-38)68-28-26-36(6)12-8-10-34(3)4/h9-10,13-24,29-30,35-36H,7-8,11-12,25-28,31-32H2,1-6H3/t35-,36-/m0/s1. The van der Waals surface area contributed by atoms with Crippen LogP contribution in [0.4, 0.5) is 0 Å². The van der Waals surface area contributed by atoms with Crippen LogP contribution in [0.5, 0.6) is 11.5 Å². The number of imide groups is 2. The zero-order valence-electron chi connectivity index (χ0n) is 39.6. The number of nitrogens with zero attached hydrogens (tertiary/aromatic N) is 2. The lowest BCUT2D eigenvalue weighted by molar-refractivity contribution is 0.0583. The van der Waals surface area contributed by atoms with Gasteiger partial charge in [-0.05, 0) is 154 Å². The van der Waals surface area contributed by atoms with Gasteiger partial charge in [-0.2, -0.15) is 0 Å². The van der Waals surface area contributed by atoms with Crippen molar-refractivity contribution < 1.29 is 28.7 Å². The first kappa shape index (κ1) is 47.2. The molecule has 4 amide bonds. The summed E-state index contributed by atoms with van der Waals surface area (Å²) in [5.41, 5.74) is 6.05. The zero-order chi connectivity index (χ0) is 48.0. The van der Waals surface area contributed by atoms with Gasteiger partial charge in [0, 0.05) is 58.1 Å². The first-order chi connectivity index (χ1) is 32.7. The molecule has 8 nitrogen and oxygen atoms in total.